The largest absolute Gasteiger partial charge is 0.316 e. The molecule has 1 nitrogen and oxygen atoms in total. The molecule has 1 aromatic carbocycles. The molecule has 1 N–H and O–H groups in total. The first-order chi connectivity index (χ1) is 9.10. The molecule has 0 bridgehead atoms. The van der Waals surface area contributed by atoms with Crippen molar-refractivity contribution in [2.24, 2.45) is 0 Å². The Morgan fingerprint density at radius 3 is 2.47 bits per heavy atom. The van der Waals surface area contributed by atoms with Gasteiger partial charge in [0, 0.05) is 30.8 Å². The number of benzene rings is 1. The third-order valence-electron chi connectivity index (χ3n) is 2.99. The first-order valence-corrected chi connectivity index (χ1v) is 8.36. The summed E-state index contributed by atoms with van der Waals surface area (Å²) in [5, 5.41) is 6.91. The topological polar surface area (TPSA) is 12.0 Å². The Morgan fingerprint density at radius 2 is 1.95 bits per heavy atom. The molecule has 5 heteroatoms. The SMILES string of the molecule is CNC(Cc1cc(Br)cs1)Cc1c(Cl)cccc1Cl. The average Bonchev–Trinajstić information content (AvgIpc) is 2.78. The van der Waals surface area contributed by atoms with Crippen molar-refractivity contribution in [3.63, 3.8) is 0 Å². The van der Waals surface area contributed by atoms with Crippen LogP contribution in [-0.4, -0.2) is 13.1 Å². The Kier molecular flexibility index (Phi) is 5.72. The number of likely N-dealkylation sites (N-methyl/N-ethyl adjacent to an activating group) is 1. The van der Waals surface area contributed by atoms with Crippen LogP contribution in [0.4, 0.5) is 0 Å². The summed E-state index contributed by atoms with van der Waals surface area (Å²) >= 11 is 17.7. The lowest BCUT2D eigenvalue weighted by molar-refractivity contribution is 0.560. The zero-order valence-corrected chi connectivity index (χ0v) is 14.3. The number of thiophene rings is 1. The maximum absolute atomic E-state index is 6.22. The Hall–Kier alpha value is -0.0600. The van der Waals surface area contributed by atoms with E-state index in [0.717, 1.165) is 32.9 Å². The molecule has 0 aliphatic carbocycles. The standard InChI is InChI=1S/C14H14BrCl2NS/c1-18-10(6-11-5-9(15)8-19-11)7-12-13(16)3-2-4-14(12)17/h2-5,8,10,18H,6-7H2,1H3. The van der Waals surface area contributed by atoms with E-state index < -0.39 is 0 Å². The lowest BCUT2D eigenvalue weighted by Crippen LogP contribution is -2.29. The molecule has 102 valence electrons. The monoisotopic (exact) mass is 377 g/mol. The highest BCUT2D eigenvalue weighted by molar-refractivity contribution is 9.10. The predicted octanol–water partition coefficient (Wildman–Crippen LogP) is 5.19. The Labute approximate surface area is 136 Å². The van der Waals surface area contributed by atoms with Gasteiger partial charge in [0.2, 0.25) is 0 Å². The lowest BCUT2D eigenvalue weighted by atomic mass is 10.0. The van der Waals surface area contributed by atoms with Gasteiger partial charge in [0.25, 0.3) is 0 Å². The van der Waals surface area contributed by atoms with Gasteiger partial charge in [-0.3, -0.25) is 0 Å². The van der Waals surface area contributed by atoms with Crippen LogP contribution in [0.25, 0.3) is 0 Å². The third-order valence-corrected chi connectivity index (χ3v) is 5.42. The van der Waals surface area contributed by atoms with Gasteiger partial charge in [0.05, 0.1) is 0 Å². The van der Waals surface area contributed by atoms with Gasteiger partial charge in [-0.15, -0.1) is 11.3 Å². The first kappa shape index (κ1) is 15.3. The van der Waals surface area contributed by atoms with Crippen LogP contribution >= 0.6 is 50.5 Å². The Morgan fingerprint density at radius 1 is 1.26 bits per heavy atom. The van der Waals surface area contributed by atoms with E-state index in [1.54, 1.807) is 11.3 Å². The minimum absolute atomic E-state index is 0.322. The minimum Gasteiger partial charge on any atom is -0.316 e. The van der Waals surface area contributed by atoms with Crippen molar-refractivity contribution >= 4 is 50.5 Å². The number of rotatable bonds is 5. The van der Waals surface area contributed by atoms with E-state index in [0.29, 0.717) is 6.04 Å². The van der Waals surface area contributed by atoms with E-state index >= 15 is 0 Å². The zero-order valence-electron chi connectivity index (χ0n) is 10.4. The van der Waals surface area contributed by atoms with Crippen molar-refractivity contribution in [1.82, 2.24) is 5.32 Å². The summed E-state index contributed by atoms with van der Waals surface area (Å²) in [6, 6.07) is 8.12. The average molecular weight is 379 g/mol. The van der Waals surface area contributed by atoms with Crippen molar-refractivity contribution < 1.29 is 0 Å². The van der Waals surface area contributed by atoms with Crippen molar-refractivity contribution in [2.75, 3.05) is 7.05 Å². The summed E-state index contributed by atoms with van der Waals surface area (Å²) in [5.41, 5.74) is 1.01. The lowest BCUT2D eigenvalue weighted by Gasteiger charge is -2.17. The first-order valence-electron chi connectivity index (χ1n) is 5.93. The Balaban J connectivity index is 2.11. The maximum atomic E-state index is 6.22. The van der Waals surface area contributed by atoms with Crippen LogP contribution in [0.5, 0.6) is 0 Å². The van der Waals surface area contributed by atoms with Crippen LogP contribution in [0, 0.1) is 0 Å². The summed E-state index contributed by atoms with van der Waals surface area (Å²) in [7, 11) is 1.97. The molecule has 0 radical (unpaired) electrons. The molecule has 1 aromatic heterocycles. The molecule has 0 saturated heterocycles. The summed E-state index contributed by atoms with van der Waals surface area (Å²) in [6.07, 6.45) is 1.79. The molecule has 0 saturated carbocycles. The van der Waals surface area contributed by atoms with Crippen molar-refractivity contribution in [3.05, 3.63) is 54.6 Å². The highest BCUT2D eigenvalue weighted by Gasteiger charge is 2.14. The highest BCUT2D eigenvalue weighted by Crippen LogP contribution is 2.27. The second-order valence-electron chi connectivity index (χ2n) is 4.33. The van der Waals surface area contributed by atoms with E-state index in [4.69, 9.17) is 23.2 Å². The summed E-state index contributed by atoms with van der Waals surface area (Å²) < 4.78 is 1.14. The van der Waals surface area contributed by atoms with Crippen LogP contribution in [0.2, 0.25) is 10.0 Å². The van der Waals surface area contributed by atoms with Crippen LogP contribution in [-0.2, 0) is 12.8 Å². The fourth-order valence-corrected chi connectivity index (χ4v) is 4.04. The van der Waals surface area contributed by atoms with Crippen LogP contribution in [0.3, 0.4) is 0 Å². The van der Waals surface area contributed by atoms with Gasteiger partial charge in [-0.1, -0.05) is 29.3 Å². The van der Waals surface area contributed by atoms with E-state index in [9.17, 15) is 0 Å². The minimum atomic E-state index is 0.322. The van der Waals surface area contributed by atoms with E-state index in [2.05, 4.69) is 32.7 Å². The smallest absolute Gasteiger partial charge is 0.0453 e. The number of halogens is 3. The number of hydrogen-bond donors (Lipinski definition) is 1. The second-order valence-corrected chi connectivity index (χ2v) is 7.05. The molecule has 1 unspecified atom stereocenters. The van der Waals surface area contributed by atoms with Gasteiger partial charge in [-0.2, -0.15) is 0 Å². The quantitative estimate of drug-likeness (QED) is 0.754. The van der Waals surface area contributed by atoms with Gasteiger partial charge >= 0.3 is 0 Å². The molecule has 1 atom stereocenters. The van der Waals surface area contributed by atoms with Crippen LogP contribution in [0.15, 0.2) is 34.1 Å². The maximum Gasteiger partial charge on any atom is 0.0453 e. The van der Waals surface area contributed by atoms with Crippen molar-refractivity contribution in [2.45, 2.75) is 18.9 Å². The van der Waals surface area contributed by atoms with Crippen LogP contribution < -0.4 is 5.32 Å². The molecule has 0 amide bonds. The summed E-state index contributed by atoms with van der Waals surface area (Å²) in [6.45, 7) is 0. The molecule has 0 aliphatic rings. The van der Waals surface area contributed by atoms with Gasteiger partial charge in [0.1, 0.15) is 0 Å². The van der Waals surface area contributed by atoms with Crippen molar-refractivity contribution in [3.8, 4) is 0 Å². The summed E-state index contributed by atoms with van der Waals surface area (Å²) in [4.78, 5) is 1.34. The van der Waals surface area contributed by atoms with Gasteiger partial charge in [-0.05, 0) is 59.6 Å². The van der Waals surface area contributed by atoms with E-state index in [-0.39, 0.29) is 0 Å². The van der Waals surface area contributed by atoms with Crippen LogP contribution in [0.1, 0.15) is 10.4 Å². The summed E-state index contributed by atoms with van der Waals surface area (Å²) in [5.74, 6) is 0. The second kappa shape index (κ2) is 7.09. The fraction of sp³-hybridized carbons (Fsp3) is 0.286. The number of nitrogens with one attached hydrogen (secondary N) is 1. The van der Waals surface area contributed by atoms with E-state index in [1.165, 1.54) is 4.88 Å². The van der Waals surface area contributed by atoms with Gasteiger partial charge in [0.15, 0.2) is 0 Å². The van der Waals surface area contributed by atoms with E-state index in [1.807, 2.05) is 25.2 Å². The molecule has 1 heterocycles. The molecule has 0 fully saturated rings. The number of hydrogen-bond acceptors (Lipinski definition) is 2. The Bertz CT molecular complexity index is 536. The fourth-order valence-electron chi connectivity index (χ4n) is 1.95. The van der Waals surface area contributed by atoms with Gasteiger partial charge < -0.3 is 5.32 Å². The molecular weight excluding hydrogens is 365 g/mol. The molecule has 0 spiro atoms. The zero-order chi connectivity index (χ0) is 13.8. The normalized spacial score (nSPS) is 12.6. The molecule has 19 heavy (non-hydrogen) atoms. The molecular formula is C14H14BrCl2NS. The predicted molar refractivity (Wildman–Crippen MR) is 88.7 cm³/mol. The highest BCUT2D eigenvalue weighted by atomic mass is 79.9. The van der Waals surface area contributed by atoms with Crippen molar-refractivity contribution in [1.29, 1.82) is 0 Å². The van der Waals surface area contributed by atoms with Gasteiger partial charge in [-0.25, -0.2) is 0 Å². The molecule has 2 rings (SSSR count). The molecule has 0 aliphatic heterocycles. The third kappa shape index (κ3) is 4.20. The molecule has 2 aromatic rings.